The fourth-order valence-corrected chi connectivity index (χ4v) is 2.26. The average Bonchev–Trinajstić information content (AvgIpc) is 2.89. The second-order valence-corrected chi connectivity index (χ2v) is 4.98. The lowest BCUT2D eigenvalue weighted by molar-refractivity contribution is 1.11. The van der Waals surface area contributed by atoms with Gasteiger partial charge >= 0.3 is 0 Å². The van der Waals surface area contributed by atoms with Crippen LogP contribution in [0.15, 0.2) is 42.6 Å². The molecular formula is C15H14ClN3. The number of hydrogen-bond acceptors (Lipinski definition) is 2. The summed E-state index contributed by atoms with van der Waals surface area (Å²) in [6, 6.07) is 12.2. The van der Waals surface area contributed by atoms with E-state index in [1.165, 1.54) is 0 Å². The Balaban J connectivity index is 1.82. The number of halogens is 1. The molecule has 0 aliphatic rings. The Labute approximate surface area is 116 Å². The van der Waals surface area contributed by atoms with Gasteiger partial charge in [0.05, 0.1) is 17.4 Å². The van der Waals surface area contributed by atoms with Crippen LogP contribution in [0, 0.1) is 6.92 Å². The Morgan fingerprint density at radius 3 is 3.00 bits per heavy atom. The van der Waals surface area contributed by atoms with Gasteiger partial charge in [0.25, 0.3) is 0 Å². The molecule has 0 bridgehead atoms. The number of aromatic nitrogens is 2. The van der Waals surface area contributed by atoms with Gasteiger partial charge in [0, 0.05) is 17.0 Å². The van der Waals surface area contributed by atoms with Crippen LogP contribution in [0.5, 0.6) is 0 Å². The number of hydrogen-bond donors (Lipinski definition) is 2. The maximum atomic E-state index is 6.13. The Bertz CT molecular complexity index is 718. The zero-order chi connectivity index (χ0) is 13.2. The maximum absolute atomic E-state index is 6.13. The zero-order valence-electron chi connectivity index (χ0n) is 10.6. The number of fused-ring (bicyclic) bond motifs is 1. The van der Waals surface area contributed by atoms with Crippen LogP contribution >= 0.6 is 11.6 Å². The van der Waals surface area contributed by atoms with E-state index in [9.17, 15) is 0 Å². The molecule has 0 aliphatic heterocycles. The third-order valence-corrected chi connectivity index (χ3v) is 3.60. The third kappa shape index (κ3) is 2.42. The Morgan fingerprint density at radius 2 is 2.16 bits per heavy atom. The fourth-order valence-electron chi connectivity index (χ4n) is 2.06. The normalized spacial score (nSPS) is 10.8. The monoisotopic (exact) mass is 271 g/mol. The van der Waals surface area contributed by atoms with E-state index in [2.05, 4.69) is 21.6 Å². The summed E-state index contributed by atoms with van der Waals surface area (Å²) in [5.41, 5.74) is 4.33. The minimum atomic E-state index is 0.734. The third-order valence-electron chi connectivity index (χ3n) is 3.20. The first-order chi connectivity index (χ1) is 9.24. The first-order valence-electron chi connectivity index (χ1n) is 6.15. The minimum Gasteiger partial charge on any atom is -0.379 e. The van der Waals surface area contributed by atoms with Crippen LogP contribution in [0.3, 0.4) is 0 Å². The lowest BCUT2D eigenvalue weighted by Gasteiger charge is -2.08. The molecule has 2 aromatic carbocycles. The lowest BCUT2D eigenvalue weighted by atomic mass is 10.1. The van der Waals surface area contributed by atoms with Crippen LogP contribution in [0.1, 0.15) is 11.1 Å². The molecule has 3 rings (SSSR count). The van der Waals surface area contributed by atoms with E-state index in [0.717, 1.165) is 39.3 Å². The molecule has 0 unspecified atom stereocenters. The van der Waals surface area contributed by atoms with Crippen molar-refractivity contribution in [3.63, 3.8) is 0 Å². The molecule has 0 aliphatic carbocycles. The first-order valence-corrected chi connectivity index (χ1v) is 6.53. The summed E-state index contributed by atoms with van der Waals surface area (Å²) >= 11 is 6.13. The molecule has 3 nitrogen and oxygen atoms in total. The number of anilines is 1. The molecule has 0 amide bonds. The zero-order valence-corrected chi connectivity index (χ0v) is 11.3. The number of para-hydroxylation sites is 1. The molecule has 19 heavy (non-hydrogen) atoms. The number of H-pyrrole nitrogens is 1. The summed E-state index contributed by atoms with van der Waals surface area (Å²) in [6.45, 7) is 2.74. The van der Waals surface area contributed by atoms with Crippen molar-refractivity contribution in [2.45, 2.75) is 13.5 Å². The quantitative estimate of drug-likeness (QED) is 0.752. The summed E-state index contributed by atoms with van der Waals surface area (Å²) in [4.78, 5) is 0. The minimum absolute atomic E-state index is 0.734. The van der Waals surface area contributed by atoms with Gasteiger partial charge in [-0.25, -0.2) is 0 Å². The predicted molar refractivity (Wildman–Crippen MR) is 79.6 cm³/mol. The highest BCUT2D eigenvalue weighted by Gasteiger charge is 2.03. The summed E-state index contributed by atoms with van der Waals surface area (Å²) in [5, 5.41) is 12.4. The van der Waals surface area contributed by atoms with E-state index < -0.39 is 0 Å². The van der Waals surface area contributed by atoms with Gasteiger partial charge in [0.1, 0.15) is 0 Å². The molecule has 2 N–H and O–H groups in total. The van der Waals surface area contributed by atoms with Crippen LogP contribution in [-0.2, 0) is 6.54 Å². The highest BCUT2D eigenvalue weighted by atomic mass is 35.5. The van der Waals surface area contributed by atoms with Gasteiger partial charge in [-0.3, -0.25) is 5.10 Å². The molecule has 0 radical (unpaired) electrons. The number of nitrogens with zero attached hydrogens (tertiary/aromatic N) is 1. The summed E-state index contributed by atoms with van der Waals surface area (Å²) in [7, 11) is 0. The van der Waals surface area contributed by atoms with Gasteiger partial charge in [-0.2, -0.15) is 5.10 Å². The van der Waals surface area contributed by atoms with E-state index in [-0.39, 0.29) is 0 Å². The average molecular weight is 272 g/mol. The molecule has 0 saturated carbocycles. The van der Waals surface area contributed by atoms with Gasteiger partial charge in [-0.1, -0.05) is 35.9 Å². The SMILES string of the molecule is Cc1ccc(CNc2cccc3cn[nH]c23)cc1Cl. The van der Waals surface area contributed by atoms with Gasteiger partial charge in [0.2, 0.25) is 0 Å². The summed E-state index contributed by atoms with van der Waals surface area (Å²) in [6.07, 6.45) is 1.82. The molecule has 0 atom stereocenters. The summed E-state index contributed by atoms with van der Waals surface area (Å²) < 4.78 is 0. The smallest absolute Gasteiger partial charge is 0.0881 e. The molecule has 4 heteroatoms. The largest absolute Gasteiger partial charge is 0.379 e. The van der Waals surface area contributed by atoms with Crippen LogP contribution in [0.25, 0.3) is 10.9 Å². The van der Waals surface area contributed by atoms with Crippen molar-refractivity contribution in [2.75, 3.05) is 5.32 Å². The molecule has 96 valence electrons. The first kappa shape index (κ1) is 12.1. The van der Waals surface area contributed by atoms with Crippen molar-refractivity contribution in [3.8, 4) is 0 Å². The van der Waals surface area contributed by atoms with Gasteiger partial charge in [0.15, 0.2) is 0 Å². The van der Waals surface area contributed by atoms with Crippen LogP contribution in [0.2, 0.25) is 5.02 Å². The number of aromatic amines is 1. The molecular weight excluding hydrogens is 258 g/mol. The van der Waals surface area contributed by atoms with Gasteiger partial charge in [-0.05, 0) is 30.2 Å². The maximum Gasteiger partial charge on any atom is 0.0881 e. The van der Waals surface area contributed by atoms with Crippen molar-refractivity contribution in [1.29, 1.82) is 0 Å². The van der Waals surface area contributed by atoms with Gasteiger partial charge < -0.3 is 5.32 Å². The van der Waals surface area contributed by atoms with Gasteiger partial charge in [-0.15, -0.1) is 0 Å². The van der Waals surface area contributed by atoms with Crippen LogP contribution < -0.4 is 5.32 Å². The predicted octanol–water partition coefficient (Wildman–Crippen LogP) is 4.14. The molecule has 0 spiro atoms. The van der Waals surface area contributed by atoms with Crippen molar-refractivity contribution >= 4 is 28.2 Å². The van der Waals surface area contributed by atoms with E-state index in [1.807, 2.05) is 43.5 Å². The molecule has 1 heterocycles. The number of nitrogens with one attached hydrogen (secondary N) is 2. The topological polar surface area (TPSA) is 40.7 Å². The Morgan fingerprint density at radius 1 is 1.26 bits per heavy atom. The molecule has 3 aromatic rings. The van der Waals surface area contributed by atoms with Crippen molar-refractivity contribution in [2.24, 2.45) is 0 Å². The highest BCUT2D eigenvalue weighted by molar-refractivity contribution is 6.31. The van der Waals surface area contributed by atoms with Crippen molar-refractivity contribution in [3.05, 3.63) is 58.7 Å². The number of aryl methyl sites for hydroxylation is 1. The standard InChI is InChI=1S/C15H14ClN3/c1-10-5-6-11(7-13(10)16)8-17-14-4-2-3-12-9-18-19-15(12)14/h2-7,9,17H,8H2,1H3,(H,18,19). The lowest BCUT2D eigenvalue weighted by Crippen LogP contribution is -2.00. The van der Waals surface area contributed by atoms with E-state index in [4.69, 9.17) is 11.6 Å². The molecule has 0 fully saturated rings. The number of rotatable bonds is 3. The van der Waals surface area contributed by atoms with Crippen LogP contribution in [0.4, 0.5) is 5.69 Å². The molecule has 1 aromatic heterocycles. The van der Waals surface area contributed by atoms with Crippen LogP contribution in [-0.4, -0.2) is 10.2 Å². The van der Waals surface area contributed by atoms with E-state index in [1.54, 1.807) is 0 Å². The second-order valence-electron chi connectivity index (χ2n) is 4.58. The molecule has 0 saturated heterocycles. The number of benzene rings is 2. The van der Waals surface area contributed by atoms with E-state index >= 15 is 0 Å². The van der Waals surface area contributed by atoms with Crippen molar-refractivity contribution in [1.82, 2.24) is 10.2 Å². The van der Waals surface area contributed by atoms with E-state index in [0.29, 0.717) is 0 Å². The fraction of sp³-hybridized carbons (Fsp3) is 0.133. The Hall–Kier alpha value is -2.00. The Kier molecular flexibility index (Phi) is 3.13. The second kappa shape index (κ2) is 4.94. The summed E-state index contributed by atoms with van der Waals surface area (Å²) in [5.74, 6) is 0. The highest BCUT2D eigenvalue weighted by Crippen LogP contribution is 2.22. The van der Waals surface area contributed by atoms with Crippen molar-refractivity contribution < 1.29 is 0 Å².